The molecule has 0 unspecified atom stereocenters. The number of rotatable bonds is 6. The lowest BCUT2D eigenvalue weighted by atomic mass is 10.0. The summed E-state index contributed by atoms with van der Waals surface area (Å²) < 4.78 is 5.29. The van der Waals surface area contributed by atoms with Crippen molar-refractivity contribution in [2.45, 2.75) is 13.0 Å². The van der Waals surface area contributed by atoms with Crippen molar-refractivity contribution in [1.82, 2.24) is 0 Å². The summed E-state index contributed by atoms with van der Waals surface area (Å²) in [6, 6.07) is 15.1. The number of carbonyl (C=O) groups is 1. The Labute approximate surface area is 117 Å². The number of aliphatic hydroxyl groups excluding tert-OH is 1. The monoisotopic (exact) mass is 272 g/mol. The predicted molar refractivity (Wildman–Crippen MR) is 74.7 cm³/mol. The molecule has 0 atom stereocenters. The Morgan fingerprint density at radius 3 is 2.45 bits per heavy atom. The van der Waals surface area contributed by atoms with Crippen LogP contribution in [0.15, 0.2) is 48.5 Å². The van der Waals surface area contributed by atoms with E-state index in [1.54, 1.807) is 12.1 Å². The molecule has 20 heavy (non-hydrogen) atoms. The number of carboxylic acids is 1. The number of aliphatic hydroxyl groups is 1. The first-order valence-corrected chi connectivity index (χ1v) is 6.30. The Balaban J connectivity index is 2.25. The highest BCUT2D eigenvalue weighted by Crippen LogP contribution is 2.23. The second-order valence-electron chi connectivity index (χ2n) is 4.44. The Kier molecular flexibility index (Phi) is 4.74. The van der Waals surface area contributed by atoms with Crippen LogP contribution in [0.2, 0.25) is 0 Å². The van der Waals surface area contributed by atoms with Gasteiger partial charge in [-0.1, -0.05) is 36.4 Å². The Hall–Kier alpha value is -2.33. The third-order valence-electron chi connectivity index (χ3n) is 2.90. The molecule has 0 radical (unpaired) electrons. The van der Waals surface area contributed by atoms with Gasteiger partial charge in [0.15, 0.2) is 6.61 Å². The lowest BCUT2D eigenvalue weighted by molar-refractivity contribution is -0.139. The minimum absolute atomic E-state index is 0.0546. The molecular formula is C16H16O4. The molecule has 0 saturated carbocycles. The van der Waals surface area contributed by atoms with E-state index >= 15 is 0 Å². The average Bonchev–Trinajstić information content (AvgIpc) is 2.46. The maximum absolute atomic E-state index is 10.6. The normalized spacial score (nSPS) is 10.2. The van der Waals surface area contributed by atoms with Crippen molar-refractivity contribution in [1.29, 1.82) is 0 Å². The molecule has 0 spiro atoms. The van der Waals surface area contributed by atoms with Crippen molar-refractivity contribution in [3.8, 4) is 5.75 Å². The van der Waals surface area contributed by atoms with Crippen LogP contribution in [-0.4, -0.2) is 22.8 Å². The lowest BCUT2D eigenvalue weighted by Gasteiger charge is -2.11. The molecular weight excluding hydrogens is 256 g/mol. The molecule has 0 heterocycles. The molecule has 2 N–H and O–H groups in total. The Morgan fingerprint density at radius 2 is 1.80 bits per heavy atom. The smallest absolute Gasteiger partial charge is 0.341 e. The van der Waals surface area contributed by atoms with Crippen molar-refractivity contribution >= 4 is 5.97 Å². The fraction of sp³-hybridized carbons (Fsp3) is 0.188. The quantitative estimate of drug-likeness (QED) is 0.846. The summed E-state index contributed by atoms with van der Waals surface area (Å²) in [6.07, 6.45) is 0.629. The van der Waals surface area contributed by atoms with Crippen LogP contribution in [0, 0.1) is 0 Å². The van der Waals surface area contributed by atoms with Gasteiger partial charge in [0, 0.05) is 6.42 Å². The van der Waals surface area contributed by atoms with E-state index in [-0.39, 0.29) is 13.2 Å². The van der Waals surface area contributed by atoms with Gasteiger partial charge in [0.1, 0.15) is 5.75 Å². The molecule has 2 aromatic rings. The fourth-order valence-electron chi connectivity index (χ4n) is 1.97. The highest BCUT2D eigenvalue weighted by molar-refractivity contribution is 5.68. The van der Waals surface area contributed by atoms with Gasteiger partial charge >= 0.3 is 5.97 Å². The van der Waals surface area contributed by atoms with E-state index in [2.05, 4.69) is 0 Å². The molecule has 4 heteroatoms. The van der Waals surface area contributed by atoms with E-state index in [1.807, 2.05) is 36.4 Å². The van der Waals surface area contributed by atoms with Gasteiger partial charge in [-0.2, -0.15) is 0 Å². The minimum Gasteiger partial charge on any atom is -0.482 e. The lowest BCUT2D eigenvalue weighted by Crippen LogP contribution is -2.11. The summed E-state index contributed by atoms with van der Waals surface area (Å²) >= 11 is 0. The topological polar surface area (TPSA) is 66.8 Å². The number of carboxylic acid groups (broad SMARTS) is 1. The molecule has 0 aliphatic rings. The molecule has 104 valence electrons. The molecule has 0 aliphatic carbocycles. The number of ether oxygens (including phenoxy) is 1. The van der Waals surface area contributed by atoms with Crippen molar-refractivity contribution in [3.63, 3.8) is 0 Å². The van der Waals surface area contributed by atoms with Gasteiger partial charge in [-0.15, -0.1) is 0 Å². The number of hydrogen-bond acceptors (Lipinski definition) is 3. The molecule has 2 rings (SSSR count). The van der Waals surface area contributed by atoms with Crippen LogP contribution in [0.5, 0.6) is 5.75 Å². The molecule has 0 fully saturated rings. The van der Waals surface area contributed by atoms with E-state index in [9.17, 15) is 9.90 Å². The third kappa shape index (κ3) is 3.83. The minimum atomic E-state index is -1.01. The van der Waals surface area contributed by atoms with Crippen LogP contribution in [0.25, 0.3) is 0 Å². The van der Waals surface area contributed by atoms with Gasteiger partial charge in [0.05, 0.1) is 6.61 Å². The van der Waals surface area contributed by atoms with Crippen molar-refractivity contribution < 1.29 is 19.7 Å². The molecule has 0 amide bonds. The summed E-state index contributed by atoms with van der Waals surface area (Å²) in [5.74, 6) is -0.477. The van der Waals surface area contributed by atoms with Crippen LogP contribution in [0.3, 0.4) is 0 Å². The van der Waals surface area contributed by atoms with E-state index < -0.39 is 5.97 Å². The molecule has 0 bridgehead atoms. The van der Waals surface area contributed by atoms with Crippen LogP contribution in [0.1, 0.15) is 16.7 Å². The zero-order chi connectivity index (χ0) is 14.4. The van der Waals surface area contributed by atoms with Crippen molar-refractivity contribution in [3.05, 3.63) is 65.2 Å². The van der Waals surface area contributed by atoms with Crippen molar-refractivity contribution in [2.75, 3.05) is 6.61 Å². The van der Waals surface area contributed by atoms with Gasteiger partial charge < -0.3 is 14.9 Å². The second-order valence-corrected chi connectivity index (χ2v) is 4.44. The largest absolute Gasteiger partial charge is 0.482 e. The fourth-order valence-corrected chi connectivity index (χ4v) is 1.97. The molecule has 4 nitrogen and oxygen atoms in total. The van der Waals surface area contributed by atoms with E-state index in [0.29, 0.717) is 12.2 Å². The third-order valence-corrected chi connectivity index (χ3v) is 2.90. The first-order valence-electron chi connectivity index (χ1n) is 6.30. The Bertz CT molecular complexity index is 578. The second kappa shape index (κ2) is 6.73. The van der Waals surface area contributed by atoms with Crippen LogP contribution in [0.4, 0.5) is 0 Å². The number of hydrogen-bond donors (Lipinski definition) is 2. The summed E-state index contributed by atoms with van der Waals surface area (Å²) in [5.41, 5.74) is 2.74. The summed E-state index contributed by atoms with van der Waals surface area (Å²) in [7, 11) is 0. The average molecular weight is 272 g/mol. The standard InChI is InChI=1S/C16H16O4/c17-10-13-6-7-15(20-11-16(18)19)14(9-13)8-12-4-2-1-3-5-12/h1-7,9,17H,8,10-11H2,(H,18,19). The molecule has 0 saturated heterocycles. The van der Waals surface area contributed by atoms with Crippen LogP contribution >= 0.6 is 0 Å². The predicted octanol–water partition coefficient (Wildman–Crippen LogP) is 2.23. The summed E-state index contributed by atoms with van der Waals surface area (Å²) in [6.45, 7) is -0.429. The zero-order valence-corrected chi connectivity index (χ0v) is 11.0. The van der Waals surface area contributed by atoms with Gasteiger partial charge in [-0.3, -0.25) is 0 Å². The maximum atomic E-state index is 10.6. The maximum Gasteiger partial charge on any atom is 0.341 e. The van der Waals surface area contributed by atoms with Gasteiger partial charge in [0.25, 0.3) is 0 Å². The van der Waals surface area contributed by atoms with Crippen molar-refractivity contribution in [2.24, 2.45) is 0 Å². The van der Waals surface area contributed by atoms with Gasteiger partial charge in [-0.05, 0) is 28.8 Å². The Morgan fingerprint density at radius 1 is 1.05 bits per heavy atom. The van der Waals surface area contributed by atoms with Gasteiger partial charge in [0.2, 0.25) is 0 Å². The SMILES string of the molecule is O=C(O)COc1ccc(CO)cc1Cc1ccccc1. The highest BCUT2D eigenvalue weighted by atomic mass is 16.5. The van der Waals surface area contributed by atoms with Crippen LogP contribution < -0.4 is 4.74 Å². The molecule has 0 aromatic heterocycles. The molecule has 2 aromatic carbocycles. The van der Waals surface area contributed by atoms with E-state index in [1.165, 1.54) is 0 Å². The highest BCUT2D eigenvalue weighted by Gasteiger charge is 2.08. The summed E-state index contributed by atoms with van der Waals surface area (Å²) in [4.78, 5) is 10.6. The first kappa shape index (κ1) is 14.1. The number of benzene rings is 2. The first-order chi connectivity index (χ1) is 9.69. The summed E-state index contributed by atoms with van der Waals surface area (Å²) in [5, 5.41) is 17.9. The van der Waals surface area contributed by atoms with Crippen LogP contribution in [-0.2, 0) is 17.8 Å². The number of aliphatic carboxylic acids is 1. The molecule has 0 aliphatic heterocycles. The van der Waals surface area contributed by atoms with Gasteiger partial charge in [-0.25, -0.2) is 4.79 Å². The zero-order valence-electron chi connectivity index (χ0n) is 11.0. The van der Waals surface area contributed by atoms with E-state index in [0.717, 1.165) is 16.7 Å². The van der Waals surface area contributed by atoms with E-state index in [4.69, 9.17) is 9.84 Å².